The summed E-state index contributed by atoms with van der Waals surface area (Å²) in [5.41, 5.74) is 6.48. The van der Waals surface area contributed by atoms with Gasteiger partial charge in [0.1, 0.15) is 5.82 Å². The van der Waals surface area contributed by atoms with Gasteiger partial charge < -0.3 is 15.0 Å². The quantitative estimate of drug-likeness (QED) is 0.625. The second-order valence-corrected chi connectivity index (χ2v) is 8.56. The monoisotopic (exact) mass is 433 g/mol. The standard InChI is InChI=1S/C26H28FN3O2/c1-28-26(31)19-2-4-21-18(14-19)9-13-32-25(21)8-12-30-10-6-17(7-11-30)23-16-29-24-15-20(27)3-5-22(23)24/h2-6,14-16,25,29H,7-13H2,1H3,(H,28,31)/t25-/m0/s1. The fourth-order valence-corrected chi connectivity index (χ4v) is 4.88. The molecule has 2 N–H and O–H groups in total. The van der Waals surface area contributed by atoms with Crippen LogP contribution in [0.4, 0.5) is 4.39 Å². The van der Waals surface area contributed by atoms with E-state index in [1.807, 2.05) is 24.4 Å². The van der Waals surface area contributed by atoms with Crippen molar-refractivity contribution < 1.29 is 13.9 Å². The lowest BCUT2D eigenvalue weighted by atomic mass is 9.93. The molecule has 5 nitrogen and oxygen atoms in total. The Morgan fingerprint density at radius 1 is 1.25 bits per heavy atom. The number of nitrogens with zero attached hydrogens (tertiary/aromatic N) is 1. The molecular weight excluding hydrogens is 405 g/mol. The average molecular weight is 434 g/mol. The summed E-state index contributed by atoms with van der Waals surface area (Å²) < 4.78 is 19.6. The Bertz CT molecular complexity index is 1180. The van der Waals surface area contributed by atoms with Gasteiger partial charge in [0.2, 0.25) is 0 Å². The zero-order valence-corrected chi connectivity index (χ0v) is 18.3. The minimum Gasteiger partial charge on any atom is -0.373 e. The number of ether oxygens (including phenoxy) is 1. The van der Waals surface area contributed by atoms with Crippen LogP contribution in [0.15, 0.2) is 48.7 Å². The van der Waals surface area contributed by atoms with Crippen molar-refractivity contribution in [2.45, 2.75) is 25.4 Å². The van der Waals surface area contributed by atoms with Gasteiger partial charge in [-0.2, -0.15) is 0 Å². The zero-order chi connectivity index (χ0) is 22.1. The van der Waals surface area contributed by atoms with Gasteiger partial charge in [-0.15, -0.1) is 0 Å². The van der Waals surface area contributed by atoms with Gasteiger partial charge in [0.15, 0.2) is 0 Å². The number of aromatic amines is 1. The third-order valence-corrected chi connectivity index (χ3v) is 6.66. The van der Waals surface area contributed by atoms with E-state index in [2.05, 4.69) is 27.3 Å². The predicted octanol–water partition coefficient (Wildman–Crippen LogP) is 4.46. The van der Waals surface area contributed by atoms with Gasteiger partial charge in [0.05, 0.1) is 12.7 Å². The lowest BCUT2D eigenvalue weighted by Gasteiger charge is -2.31. The fraction of sp³-hybridized carbons (Fsp3) is 0.346. The van der Waals surface area contributed by atoms with Crippen molar-refractivity contribution in [3.63, 3.8) is 0 Å². The number of hydrogen-bond acceptors (Lipinski definition) is 3. The van der Waals surface area contributed by atoms with Crippen molar-refractivity contribution in [2.24, 2.45) is 0 Å². The van der Waals surface area contributed by atoms with E-state index in [0.717, 1.165) is 49.8 Å². The maximum atomic E-state index is 13.5. The van der Waals surface area contributed by atoms with Crippen LogP contribution in [-0.2, 0) is 11.2 Å². The van der Waals surface area contributed by atoms with Crippen LogP contribution in [-0.4, -0.2) is 49.1 Å². The Hall–Kier alpha value is -2.96. The highest BCUT2D eigenvalue weighted by atomic mass is 19.1. The molecule has 0 aliphatic carbocycles. The second-order valence-electron chi connectivity index (χ2n) is 8.56. The number of benzene rings is 2. The smallest absolute Gasteiger partial charge is 0.251 e. The van der Waals surface area contributed by atoms with Crippen LogP contribution in [0.3, 0.4) is 0 Å². The van der Waals surface area contributed by atoms with E-state index in [4.69, 9.17) is 4.74 Å². The molecule has 6 heteroatoms. The number of halogens is 1. The average Bonchev–Trinajstić information content (AvgIpc) is 3.25. The molecule has 1 atom stereocenters. The summed E-state index contributed by atoms with van der Waals surface area (Å²) in [4.78, 5) is 17.6. The number of fused-ring (bicyclic) bond motifs is 2. The van der Waals surface area contributed by atoms with Crippen molar-refractivity contribution in [1.82, 2.24) is 15.2 Å². The molecule has 3 heterocycles. The third-order valence-electron chi connectivity index (χ3n) is 6.66. The van der Waals surface area contributed by atoms with E-state index in [0.29, 0.717) is 12.2 Å². The summed E-state index contributed by atoms with van der Waals surface area (Å²) in [6.45, 7) is 3.55. The Morgan fingerprint density at radius 3 is 2.97 bits per heavy atom. The summed E-state index contributed by atoms with van der Waals surface area (Å²) in [5.74, 6) is -0.266. The first-order chi connectivity index (χ1) is 15.6. The van der Waals surface area contributed by atoms with E-state index in [9.17, 15) is 9.18 Å². The van der Waals surface area contributed by atoms with Crippen molar-refractivity contribution in [3.05, 3.63) is 76.7 Å². The molecule has 3 aromatic rings. The van der Waals surface area contributed by atoms with E-state index < -0.39 is 0 Å². The van der Waals surface area contributed by atoms with E-state index in [1.54, 1.807) is 13.1 Å². The summed E-state index contributed by atoms with van der Waals surface area (Å²) in [6.07, 6.45) is 7.11. The van der Waals surface area contributed by atoms with Crippen LogP contribution in [0.1, 0.15) is 46.0 Å². The molecule has 2 aromatic carbocycles. The van der Waals surface area contributed by atoms with Crippen molar-refractivity contribution in [1.29, 1.82) is 0 Å². The highest BCUT2D eigenvalue weighted by Gasteiger charge is 2.23. The molecule has 32 heavy (non-hydrogen) atoms. The van der Waals surface area contributed by atoms with Gasteiger partial charge in [-0.05, 0) is 66.3 Å². The number of rotatable bonds is 5. The van der Waals surface area contributed by atoms with E-state index >= 15 is 0 Å². The highest BCUT2D eigenvalue weighted by Crippen LogP contribution is 2.32. The van der Waals surface area contributed by atoms with Crippen molar-refractivity contribution >= 4 is 22.4 Å². The molecule has 2 aliphatic rings. The van der Waals surface area contributed by atoms with Crippen molar-refractivity contribution in [2.75, 3.05) is 33.3 Å². The maximum absolute atomic E-state index is 13.5. The van der Waals surface area contributed by atoms with Gasteiger partial charge in [-0.1, -0.05) is 12.1 Å². The fourth-order valence-electron chi connectivity index (χ4n) is 4.88. The SMILES string of the molecule is CNC(=O)c1ccc2c(c1)CCO[C@H]2CCN1CC=C(c2c[nH]c3cc(F)ccc23)CC1. The molecule has 0 fully saturated rings. The van der Waals surface area contributed by atoms with Crippen LogP contribution in [0.5, 0.6) is 0 Å². The minimum atomic E-state index is -0.217. The first-order valence-electron chi connectivity index (χ1n) is 11.3. The summed E-state index contributed by atoms with van der Waals surface area (Å²) in [7, 11) is 1.66. The normalized spacial score (nSPS) is 18.9. The Morgan fingerprint density at radius 2 is 2.16 bits per heavy atom. The molecule has 2 aliphatic heterocycles. The Balaban J connectivity index is 1.23. The molecule has 166 valence electrons. The lowest BCUT2D eigenvalue weighted by molar-refractivity contribution is 0.0299. The molecule has 0 saturated carbocycles. The van der Waals surface area contributed by atoms with Gasteiger partial charge in [-0.25, -0.2) is 4.39 Å². The van der Waals surface area contributed by atoms with Gasteiger partial charge in [-0.3, -0.25) is 9.69 Å². The predicted molar refractivity (Wildman–Crippen MR) is 124 cm³/mol. The Labute approximate surface area is 187 Å². The number of H-pyrrole nitrogens is 1. The molecular formula is C26H28FN3O2. The zero-order valence-electron chi connectivity index (χ0n) is 18.3. The van der Waals surface area contributed by atoms with Gasteiger partial charge >= 0.3 is 0 Å². The molecule has 5 rings (SSSR count). The summed E-state index contributed by atoms with van der Waals surface area (Å²) >= 11 is 0. The number of carbonyl (C=O) groups is 1. The number of hydrogen-bond donors (Lipinski definition) is 2. The first kappa shape index (κ1) is 20.9. The van der Waals surface area contributed by atoms with Crippen LogP contribution in [0.2, 0.25) is 0 Å². The first-order valence-corrected chi connectivity index (χ1v) is 11.3. The summed E-state index contributed by atoms with van der Waals surface area (Å²) in [5, 5.41) is 3.77. The van der Waals surface area contributed by atoms with Gasteiger partial charge in [0.25, 0.3) is 5.91 Å². The minimum absolute atomic E-state index is 0.0490. The molecule has 1 amide bonds. The van der Waals surface area contributed by atoms with Crippen LogP contribution in [0.25, 0.3) is 16.5 Å². The van der Waals surface area contributed by atoms with Crippen molar-refractivity contribution in [3.8, 4) is 0 Å². The molecule has 0 unspecified atom stereocenters. The Kier molecular flexibility index (Phi) is 5.81. The van der Waals surface area contributed by atoms with Crippen LogP contribution in [0, 0.1) is 5.82 Å². The highest BCUT2D eigenvalue weighted by molar-refractivity contribution is 5.94. The lowest BCUT2D eigenvalue weighted by Crippen LogP contribution is -2.31. The summed E-state index contributed by atoms with van der Waals surface area (Å²) in [6, 6.07) is 10.9. The van der Waals surface area contributed by atoms with E-state index in [-0.39, 0.29) is 17.8 Å². The second kappa shape index (κ2) is 8.88. The van der Waals surface area contributed by atoms with E-state index in [1.165, 1.54) is 28.3 Å². The number of amides is 1. The van der Waals surface area contributed by atoms with Crippen LogP contribution >= 0.6 is 0 Å². The molecule has 0 radical (unpaired) electrons. The number of carbonyl (C=O) groups excluding carboxylic acids is 1. The van der Waals surface area contributed by atoms with Gasteiger partial charge in [0, 0.05) is 54.9 Å². The number of aromatic nitrogens is 1. The molecule has 1 aromatic heterocycles. The largest absolute Gasteiger partial charge is 0.373 e. The molecule has 0 spiro atoms. The molecule has 0 saturated heterocycles. The number of nitrogens with one attached hydrogen (secondary N) is 2. The topological polar surface area (TPSA) is 57.4 Å². The molecule has 0 bridgehead atoms. The maximum Gasteiger partial charge on any atom is 0.251 e. The van der Waals surface area contributed by atoms with Crippen LogP contribution < -0.4 is 5.32 Å². The third kappa shape index (κ3) is 4.08.